The van der Waals surface area contributed by atoms with E-state index < -0.39 is 0 Å². The highest BCUT2D eigenvalue weighted by atomic mass is 32.2. The summed E-state index contributed by atoms with van der Waals surface area (Å²) >= 11 is 1.38. The van der Waals surface area contributed by atoms with E-state index in [0.29, 0.717) is 25.4 Å². The Labute approximate surface area is 166 Å². The van der Waals surface area contributed by atoms with Gasteiger partial charge in [0.25, 0.3) is 0 Å². The molecule has 0 atom stereocenters. The Balaban J connectivity index is 1.30. The first-order valence-electron chi connectivity index (χ1n) is 9.28. The standard InChI is InChI=1S/C20H21FN4O2S/c21-16-7-3-14(4-8-16)9-10-22-18(26)13-28-20-24-23-19(15-5-6-15)25(20)12-17-2-1-11-27-17/h1-4,7-8,11,15H,5-6,9-10,12-13H2,(H,22,26). The minimum absolute atomic E-state index is 0.0624. The van der Waals surface area contributed by atoms with E-state index in [1.54, 1.807) is 18.4 Å². The number of furan rings is 1. The van der Waals surface area contributed by atoms with E-state index in [-0.39, 0.29) is 17.5 Å². The molecule has 6 nitrogen and oxygen atoms in total. The molecule has 1 aliphatic rings. The predicted molar refractivity (Wildman–Crippen MR) is 104 cm³/mol. The topological polar surface area (TPSA) is 73.0 Å². The Bertz CT molecular complexity index is 920. The summed E-state index contributed by atoms with van der Waals surface area (Å²) < 4.78 is 20.4. The predicted octanol–water partition coefficient (Wildman–Crippen LogP) is 3.39. The monoisotopic (exact) mass is 400 g/mol. The second-order valence-electron chi connectivity index (χ2n) is 6.80. The molecule has 2 heterocycles. The lowest BCUT2D eigenvalue weighted by molar-refractivity contribution is -0.118. The molecular weight excluding hydrogens is 379 g/mol. The lowest BCUT2D eigenvalue weighted by Crippen LogP contribution is -2.27. The maximum Gasteiger partial charge on any atom is 0.230 e. The molecule has 4 rings (SSSR count). The summed E-state index contributed by atoms with van der Waals surface area (Å²) in [5, 5.41) is 12.2. The molecule has 8 heteroatoms. The van der Waals surface area contributed by atoms with Crippen LogP contribution in [0.2, 0.25) is 0 Å². The first kappa shape index (κ1) is 18.7. The van der Waals surface area contributed by atoms with Crippen molar-refractivity contribution in [3.63, 3.8) is 0 Å². The first-order chi connectivity index (χ1) is 13.7. The van der Waals surface area contributed by atoms with Gasteiger partial charge in [0.15, 0.2) is 5.16 Å². The Morgan fingerprint density at radius 2 is 2.07 bits per heavy atom. The van der Waals surface area contributed by atoms with Crippen LogP contribution in [0.3, 0.4) is 0 Å². The molecular formula is C20H21FN4O2S. The van der Waals surface area contributed by atoms with Gasteiger partial charge in [0, 0.05) is 12.5 Å². The summed E-state index contributed by atoms with van der Waals surface area (Å²) in [6, 6.07) is 10.1. The Morgan fingerprint density at radius 3 is 2.79 bits per heavy atom. The van der Waals surface area contributed by atoms with Gasteiger partial charge in [-0.05, 0) is 49.1 Å². The van der Waals surface area contributed by atoms with Crippen LogP contribution in [0.1, 0.15) is 35.9 Å². The molecule has 3 aromatic rings. The highest BCUT2D eigenvalue weighted by Crippen LogP contribution is 2.40. The molecule has 1 saturated carbocycles. The van der Waals surface area contributed by atoms with Crippen LogP contribution >= 0.6 is 11.8 Å². The van der Waals surface area contributed by atoms with Gasteiger partial charge in [-0.2, -0.15) is 0 Å². The number of nitrogens with zero attached hydrogens (tertiary/aromatic N) is 3. The van der Waals surface area contributed by atoms with Crippen molar-refractivity contribution < 1.29 is 13.6 Å². The first-order valence-corrected chi connectivity index (χ1v) is 10.3. The van der Waals surface area contributed by atoms with Gasteiger partial charge in [-0.25, -0.2) is 4.39 Å². The van der Waals surface area contributed by atoms with Crippen molar-refractivity contribution in [2.75, 3.05) is 12.3 Å². The maximum atomic E-state index is 12.9. The quantitative estimate of drug-likeness (QED) is 0.558. The molecule has 0 radical (unpaired) electrons. The van der Waals surface area contributed by atoms with Crippen molar-refractivity contribution in [1.29, 1.82) is 0 Å². The van der Waals surface area contributed by atoms with E-state index in [2.05, 4.69) is 15.5 Å². The Morgan fingerprint density at radius 1 is 1.25 bits per heavy atom. The lowest BCUT2D eigenvalue weighted by atomic mass is 10.1. The van der Waals surface area contributed by atoms with Crippen LogP contribution in [-0.2, 0) is 17.8 Å². The summed E-state index contributed by atoms with van der Waals surface area (Å²) in [7, 11) is 0. The number of hydrogen-bond donors (Lipinski definition) is 1. The minimum Gasteiger partial charge on any atom is -0.467 e. The fourth-order valence-electron chi connectivity index (χ4n) is 2.94. The van der Waals surface area contributed by atoms with Crippen LogP contribution in [0.4, 0.5) is 4.39 Å². The maximum absolute atomic E-state index is 12.9. The summed E-state index contributed by atoms with van der Waals surface area (Å²) in [5.41, 5.74) is 0.988. The normalized spacial score (nSPS) is 13.6. The minimum atomic E-state index is -0.256. The number of hydrogen-bond acceptors (Lipinski definition) is 5. The third-order valence-electron chi connectivity index (χ3n) is 4.56. The highest BCUT2D eigenvalue weighted by Gasteiger charge is 2.30. The number of carbonyl (C=O) groups is 1. The average molecular weight is 400 g/mol. The SMILES string of the molecule is O=C(CSc1nnc(C2CC2)n1Cc1ccco1)NCCc1ccc(F)cc1. The molecule has 1 aromatic carbocycles. The fourth-order valence-corrected chi connectivity index (χ4v) is 3.71. The zero-order valence-corrected chi connectivity index (χ0v) is 16.1. The van der Waals surface area contributed by atoms with Crippen molar-refractivity contribution in [3.8, 4) is 0 Å². The highest BCUT2D eigenvalue weighted by molar-refractivity contribution is 7.99. The van der Waals surface area contributed by atoms with Crippen LogP contribution in [0.25, 0.3) is 0 Å². The largest absolute Gasteiger partial charge is 0.467 e. The molecule has 1 fully saturated rings. The molecule has 0 unspecified atom stereocenters. The van der Waals surface area contributed by atoms with Gasteiger partial charge in [0.1, 0.15) is 17.4 Å². The fraction of sp³-hybridized carbons (Fsp3) is 0.350. The average Bonchev–Trinajstić information content (AvgIpc) is 3.26. The summed E-state index contributed by atoms with van der Waals surface area (Å²) in [6.07, 6.45) is 4.57. The van der Waals surface area contributed by atoms with E-state index in [1.165, 1.54) is 23.9 Å². The third kappa shape index (κ3) is 4.81. The summed E-state index contributed by atoms with van der Waals surface area (Å²) in [5.74, 6) is 2.22. The van der Waals surface area contributed by atoms with Crippen LogP contribution in [0.5, 0.6) is 0 Å². The van der Waals surface area contributed by atoms with Crippen molar-refractivity contribution in [3.05, 3.63) is 65.6 Å². The van der Waals surface area contributed by atoms with Gasteiger partial charge in [-0.1, -0.05) is 23.9 Å². The van der Waals surface area contributed by atoms with Crippen molar-refractivity contribution in [2.45, 2.75) is 36.9 Å². The van der Waals surface area contributed by atoms with Crippen LogP contribution in [0, 0.1) is 5.82 Å². The van der Waals surface area contributed by atoms with Crippen LogP contribution < -0.4 is 5.32 Å². The number of benzene rings is 1. The van der Waals surface area contributed by atoms with Crippen molar-refractivity contribution in [1.82, 2.24) is 20.1 Å². The van der Waals surface area contributed by atoms with Gasteiger partial charge in [-0.3, -0.25) is 9.36 Å². The number of thioether (sulfide) groups is 1. The van der Waals surface area contributed by atoms with Crippen LogP contribution in [0.15, 0.2) is 52.2 Å². The smallest absolute Gasteiger partial charge is 0.230 e. The Kier molecular flexibility index (Phi) is 5.76. The number of rotatable bonds is 9. The molecule has 0 saturated heterocycles. The summed E-state index contributed by atoms with van der Waals surface area (Å²) in [6.45, 7) is 1.08. The zero-order valence-electron chi connectivity index (χ0n) is 15.3. The second-order valence-corrected chi connectivity index (χ2v) is 7.74. The van der Waals surface area contributed by atoms with Gasteiger partial charge in [0.05, 0.1) is 18.6 Å². The van der Waals surface area contributed by atoms with Crippen molar-refractivity contribution in [2.24, 2.45) is 0 Å². The molecule has 28 heavy (non-hydrogen) atoms. The molecule has 1 N–H and O–H groups in total. The van der Waals surface area contributed by atoms with Gasteiger partial charge >= 0.3 is 0 Å². The number of amides is 1. The number of nitrogens with one attached hydrogen (secondary N) is 1. The molecule has 146 valence electrons. The zero-order chi connectivity index (χ0) is 19.3. The van der Waals surface area contributed by atoms with E-state index >= 15 is 0 Å². The van der Waals surface area contributed by atoms with E-state index in [1.807, 2.05) is 16.7 Å². The van der Waals surface area contributed by atoms with Gasteiger partial charge in [0.2, 0.25) is 5.91 Å². The lowest BCUT2D eigenvalue weighted by Gasteiger charge is -2.08. The van der Waals surface area contributed by atoms with Gasteiger partial charge in [-0.15, -0.1) is 10.2 Å². The van der Waals surface area contributed by atoms with E-state index in [0.717, 1.165) is 35.1 Å². The van der Waals surface area contributed by atoms with Crippen LogP contribution in [-0.4, -0.2) is 33.0 Å². The number of carbonyl (C=O) groups excluding carboxylic acids is 1. The third-order valence-corrected chi connectivity index (χ3v) is 5.53. The van der Waals surface area contributed by atoms with E-state index in [9.17, 15) is 9.18 Å². The molecule has 0 spiro atoms. The number of aromatic nitrogens is 3. The summed E-state index contributed by atoms with van der Waals surface area (Å²) in [4.78, 5) is 12.2. The number of halogens is 1. The molecule has 1 amide bonds. The molecule has 2 aromatic heterocycles. The second kappa shape index (κ2) is 8.60. The molecule has 0 bridgehead atoms. The molecule has 0 aliphatic heterocycles. The Hall–Kier alpha value is -2.61. The van der Waals surface area contributed by atoms with Crippen molar-refractivity contribution >= 4 is 17.7 Å². The van der Waals surface area contributed by atoms with E-state index in [4.69, 9.17) is 4.42 Å². The van der Waals surface area contributed by atoms with Gasteiger partial charge < -0.3 is 9.73 Å². The molecule has 1 aliphatic carbocycles.